The third kappa shape index (κ3) is 10.3. The number of benzene rings is 2. The summed E-state index contributed by atoms with van der Waals surface area (Å²) in [5, 5.41) is 1.79. The second-order valence-corrected chi connectivity index (χ2v) is 12.4. The van der Waals surface area contributed by atoms with Gasteiger partial charge < -0.3 is 4.90 Å². The van der Waals surface area contributed by atoms with Crippen LogP contribution >= 0.6 is 23.2 Å². The van der Waals surface area contributed by atoms with Gasteiger partial charge in [-0.25, -0.2) is 8.93 Å². The zero-order chi connectivity index (χ0) is 29.5. The van der Waals surface area contributed by atoms with Gasteiger partial charge in [-0.2, -0.15) is 0 Å². The number of nitrogens with zero attached hydrogens (tertiary/aromatic N) is 1. The summed E-state index contributed by atoms with van der Waals surface area (Å²) in [6, 6.07) is 17.5. The molecule has 1 saturated heterocycles. The fourth-order valence-corrected chi connectivity index (χ4v) is 6.67. The van der Waals surface area contributed by atoms with Crippen molar-refractivity contribution in [2.75, 3.05) is 6.54 Å². The Kier molecular flexibility index (Phi) is 16.2. The maximum Gasteiger partial charge on any atom is 0.226 e. The largest absolute Gasteiger partial charge is 0.331 e. The Hall–Kier alpha value is -1.66. The molecule has 1 aliphatic heterocycles. The molecule has 5 rings (SSSR count). The van der Waals surface area contributed by atoms with E-state index in [4.69, 9.17) is 23.2 Å². The van der Waals surface area contributed by atoms with E-state index in [-0.39, 0.29) is 29.2 Å². The highest BCUT2D eigenvalue weighted by Gasteiger charge is 2.45. The first-order valence-electron chi connectivity index (χ1n) is 15.0. The normalized spacial score (nSPS) is 21.6. The van der Waals surface area contributed by atoms with Gasteiger partial charge in [0.05, 0.1) is 17.0 Å². The predicted molar refractivity (Wildman–Crippen MR) is 173 cm³/mol. The molecule has 1 N–H and O–H groups in total. The van der Waals surface area contributed by atoms with Crippen molar-refractivity contribution in [1.29, 1.82) is 0 Å². The summed E-state index contributed by atoms with van der Waals surface area (Å²) < 4.78 is 15.9. The van der Waals surface area contributed by atoms with Crippen molar-refractivity contribution in [2.24, 2.45) is 11.8 Å². The number of carbonyl (C=O) groups excluding carboxylic acids is 1. The summed E-state index contributed by atoms with van der Waals surface area (Å²) in [6.45, 7) is 12.5. The van der Waals surface area contributed by atoms with Crippen LogP contribution in [0.1, 0.15) is 90.7 Å². The third-order valence-electron chi connectivity index (χ3n) is 7.48. The van der Waals surface area contributed by atoms with E-state index in [1.54, 1.807) is 0 Å². The van der Waals surface area contributed by atoms with E-state index in [9.17, 15) is 9.00 Å². The van der Waals surface area contributed by atoms with Crippen molar-refractivity contribution in [3.8, 4) is 0 Å². The molecule has 1 amide bonds. The number of carbonyl (C=O) groups is 1. The Bertz CT molecular complexity index is 1030. The van der Waals surface area contributed by atoms with Crippen molar-refractivity contribution >= 4 is 40.1 Å². The SMILES string of the molecule is C=CC[C@H]1CC[C@@H](c2ccc(Cl)cc2)N(C(CNS(=O)C2CCC2)C2CC2)C1=O.CC.CC.Clc1ccccc1. The minimum Gasteiger partial charge on any atom is -0.331 e. The first kappa shape index (κ1) is 34.5. The monoisotopic (exact) mass is 606 g/mol. The molecule has 2 unspecified atom stereocenters. The predicted octanol–water partition coefficient (Wildman–Crippen LogP) is 9.17. The molecule has 222 valence electrons. The fraction of sp³-hybridized carbons (Fsp3) is 0.545. The molecule has 7 heteroatoms. The molecule has 4 atom stereocenters. The van der Waals surface area contributed by atoms with Gasteiger partial charge >= 0.3 is 0 Å². The number of hydrogen-bond donors (Lipinski definition) is 1. The van der Waals surface area contributed by atoms with Crippen LogP contribution in [0.25, 0.3) is 0 Å². The Labute approximate surface area is 255 Å². The van der Waals surface area contributed by atoms with Crippen LogP contribution in [0.4, 0.5) is 0 Å². The minimum atomic E-state index is -0.996. The highest BCUT2D eigenvalue weighted by molar-refractivity contribution is 7.83. The number of allylic oxidation sites excluding steroid dienone is 1. The van der Waals surface area contributed by atoms with Crippen LogP contribution in [0.2, 0.25) is 10.0 Å². The van der Waals surface area contributed by atoms with Crippen LogP contribution < -0.4 is 4.72 Å². The first-order chi connectivity index (χ1) is 19.5. The standard InChI is InChI=1S/C23H31ClN2O2S.C6H5Cl.2C2H6/c1-2-4-18-11-14-21(16-9-12-19(24)13-10-16)26(23(18)27)22(17-7-8-17)15-25-29(28)20-5-3-6-20;7-6-4-2-1-3-5-6;2*1-2/h2,9-10,12-13,17-18,20-22,25H,1,3-8,11,14-15H2;1-5H;2*1-2H3/t18-,21-,22?,29?;;;/m0.../s1. The van der Waals surface area contributed by atoms with E-state index in [0.29, 0.717) is 17.5 Å². The van der Waals surface area contributed by atoms with Gasteiger partial charge in [-0.3, -0.25) is 4.79 Å². The van der Waals surface area contributed by atoms with Gasteiger partial charge in [-0.05, 0) is 80.7 Å². The number of halogens is 2. The minimum absolute atomic E-state index is 0.00873. The number of hydrogen-bond acceptors (Lipinski definition) is 2. The Morgan fingerprint density at radius 3 is 2.00 bits per heavy atom. The molecular formula is C33H48Cl2N2O2S. The second-order valence-electron chi connectivity index (χ2n) is 10.0. The molecule has 0 aromatic heterocycles. The van der Waals surface area contributed by atoms with E-state index in [1.807, 2.05) is 88.4 Å². The number of nitrogens with one attached hydrogen (secondary N) is 1. The molecule has 2 aromatic rings. The molecule has 0 spiro atoms. The Morgan fingerprint density at radius 2 is 1.52 bits per heavy atom. The lowest BCUT2D eigenvalue weighted by Crippen LogP contribution is -2.53. The first-order valence-corrected chi connectivity index (χ1v) is 17.0. The molecule has 2 aromatic carbocycles. The smallest absolute Gasteiger partial charge is 0.226 e. The van der Waals surface area contributed by atoms with E-state index in [2.05, 4.69) is 16.2 Å². The molecule has 40 heavy (non-hydrogen) atoms. The number of piperidine rings is 1. The molecular weight excluding hydrogens is 559 g/mol. The summed E-state index contributed by atoms with van der Waals surface area (Å²) in [5.41, 5.74) is 1.14. The topological polar surface area (TPSA) is 49.4 Å². The molecule has 2 aliphatic carbocycles. The average molecular weight is 608 g/mol. The molecule has 0 radical (unpaired) electrons. The number of rotatable bonds is 9. The summed E-state index contributed by atoms with van der Waals surface area (Å²) >= 11 is 11.6. The molecule has 3 aliphatic rings. The number of amides is 1. The van der Waals surface area contributed by atoms with E-state index in [1.165, 1.54) is 6.42 Å². The van der Waals surface area contributed by atoms with Crippen LogP contribution in [0.3, 0.4) is 0 Å². The molecule has 3 fully saturated rings. The summed E-state index contributed by atoms with van der Waals surface area (Å²) in [6.07, 6.45) is 9.97. The zero-order valence-electron chi connectivity index (χ0n) is 24.7. The molecule has 4 nitrogen and oxygen atoms in total. The lowest BCUT2D eigenvalue weighted by atomic mass is 9.85. The number of likely N-dealkylation sites (tertiary alicyclic amines) is 1. The van der Waals surface area contributed by atoms with E-state index < -0.39 is 11.0 Å². The fourth-order valence-electron chi connectivity index (χ4n) is 5.07. The van der Waals surface area contributed by atoms with E-state index >= 15 is 0 Å². The zero-order valence-corrected chi connectivity index (χ0v) is 27.0. The second kappa shape index (κ2) is 18.7. The van der Waals surface area contributed by atoms with Crippen LogP contribution in [-0.2, 0) is 15.8 Å². The molecule has 1 heterocycles. The van der Waals surface area contributed by atoms with Gasteiger partial charge in [0.25, 0.3) is 0 Å². The van der Waals surface area contributed by atoms with Gasteiger partial charge in [0, 0.05) is 33.8 Å². The van der Waals surface area contributed by atoms with Crippen molar-refractivity contribution in [3.05, 3.63) is 82.9 Å². The lowest BCUT2D eigenvalue weighted by molar-refractivity contribution is -0.145. The quantitative estimate of drug-likeness (QED) is 0.289. The summed E-state index contributed by atoms with van der Waals surface area (Å²) in [4.78, 5) is 15.7. The maximum atomic E-state index is 13.5. The van der Waals surface area contributed by atoms with Gasteiger partial charge in [-0.15, -0.1) is 6.58 Å². The van der Waals surface area contributed by atoms with E-state index in [0.717, 1.165) is 55.5 Å². The van der Waals surface area contributed by atoms with Gasteiger partial charge in [0.1, 0.15) is 0 Å². The van der Waals surface area contributed by atoms with Crippen molar-refractivity contribution in [3.63, 3.8) is 0 Å². The van der Waals surface area contributed by atoms with Crippen LogP contribution in [0.5, 0.6) is 0 Å². The average Bonchev–Trinajstić information content (AvgIpc) is 3.79. The van der Waals surface area contributed by atoms with Crippen molar-refractivity contribution in [2.45, 2.75) is 96.4 Å². The van der Waals surface area contributed by atoms with Crippen LogP contribution in [0.15, 0.2) is 67.3 Å². The van der Waals surface area contributed by atoms with Gasteiger partial charge in [0.15, 0.2) is 0 Å². The van der Waals surface area contributed by atoms with Gasteiger partial charge in [0.2, 0.25) is 5.91 Å². The van der Waals surface area contributed by atoms with Crippen molar-refractivity contribution in [1.82, 2.24) is 9.62 Å². The van der Waals surface area contributed by atoms with Crippen LogP contribution in [0, 0.1) is 11.8 Å². The maximum absolute atomic E-state index is 13.5. The molecule has 0 bridgehead atoms. The Balaban J connectivity index is 0.000000434. The van der Waals surface area contributed by atoms with Crippen LogP contribution in [-0.4, -0.2) is 32.9 Å². The third-order valence-corrected chi connectivity index (χ3v) is 9.51. The summed E-state index contributed by atoms with van der Waals surface area (Å²) in [7, 11) is -0.996. The lowest BCUT2D eigenvalue weighted by Gasteiger charge is -2.44. The summed E-state index contributed by atoms with van der Waals surface area (Å²) in [5.74, 6) is 0.737. The highest BCUT2D eigenvalue weighted by atomic mass is 35.5. The highest BCUT2D eigenvalue weighted by Crippen LogP contribution is 2.44. The van der Waals surface area contributed by atoms with Gasteiger partial charge in [-0.1, -0.05) is 93.7 Å². The Morgan fingerprint density at radius 1 is 0.925 bits per heavy atom. The molecule has 2 saturated carbocycles. The van der Waals surface area contributed by atoms with Crippen molar-refractivity contribution < 1.29 is 9.00 Å².